The lowest BCUT2D eigenvalue weighted by atomic mass is 9.79. The molecule has 1 fully saturated rings. The lowest BCUT2D eigenvalue weighted by Crippen LogP contribution is -2.56. The predicted octanol–water partition coefficient (Wildman–Crippen LogP) is 8.15. The summed E-state index contributed by atoms with van der Waals surface area (Å²) in [6.07, 6.45) is 11.7. The third kappa shape index (κ3) is 11.7. The van der Waals surface area contributed by atoms with Gasteiger partial charge in [0, 0.05) is 25.0 Å². The van der Waals surface area contributed by atoms with Gasteiger partial charge in [0.25, 0.3) is 11.8 Å². The Morgan fingerprint density at radius 3 is 2.19 bits per heavy atom. The maximum absolute atomic E-state index is 13.6. The fraction of sp³-hybridized carbons (Fsp3) is 0.618. The Labute approximate surface area is 287 Å². The molecule has 11 nitrogen and oxygen atoms in total. The molecule has 1 aliphatic heterocycles. The number of unbranched alkanes of at least 4 members (excludes halogenated alkanes) is 8. The average Bonchev–Trinajstić information content (AvgIpc) is 3.41. The maximum Gasteiger partial charge on any atom is 0.407 e. The smallest absolute Gasteiger partial charge is 0.407 e. The summed E-state index contributed by atoms with van der Waals surface area (Å²) in [5.41, 5.74) is -0.329. The third-order valence-corrected chi connectivity index (χ3v) is 9.07. The lowest BCUT2D eigenvalue weighted by Gasteiger charge is -2.44. The molecule has 0 radical (unpaired) electrons. The summed E-state index contributed by atoms with van der Waals surface area (Å²) in [5, 5.41) is 20.0. The Morgan fingerprint density at radius 2 is 1.60 bits per heavy atom. The van der Waals surface area contributed by atoms with E-state index in [4.69, 9.17) is 27.9 Å². The number of piperidine rings is 1. The van der Waals surface area contributed by atoms with Gasteiger partial charge >= 0.3 is 12.1 Å². The lowest BCUT2D eigenvalue weighted by molar-refractivity contribution is -0.148. The fourth-order valence-corrected chi connectivity index (χ4v) is 6.41. The fourth-order valence-electron chi connectivity index (χ4n) is 5.84. The van der Waals surface area contributed by atoms with E-state index in [1.165, 1.54) is 66.4 Å². The SMILES string of the molecule is CCCCCCCCCCCC(=O)OCn1cc(NC(=O)c2c(Cl)cccc2Cl)c(C(=O)NC2CCN(C(=O)O)C(C(C)(C)C)C2)n1. The van der Waals surface area contributed by atoms with E-state index >= 15 is 0 Å². The summed E-state index contributed by atoms with van der Waals surface area (Å²) in [4.78, 5) is 52.5. The number of carbonyl (C=O) groups is 4. The van der Waals surface area contributed by atoms with Gasteiger partial charge in [-0.2, -0.15) is 5.10 Å². The first-order valence-electron chi connectivity index (χ1n) is 16.6. The molecule has 0 aliphatic carbocycles. The van der Waals surface area contributed by atoms with Crippen molar-refractivity contribution in [1.82, 2.24) is 20.0 Å². The van der Waals surface area contributed by atoms with Crippen LogP contribution >= 0.6 is 23.2 Å². The van der Waals surface area contributed by atoms with Crippen molar-refractivity contribution in [3.63, 3.8) is 0 Å². The molecule has 0 bridgehead atoms. The van der Waals surface area contributed by atoms with Crippen molar-refractivity contribution in [2.24, 2.45) is 5.41 Å². The number of likely N-dealkylation sites (tertiary alicyclic amines) is 1. The zero-order valence-corrected chi connectivity index (χ0v) is 29.5. The van der Waals surface area contributed by atoms with Gasteiger partial charge in [-0.05, 0) is 36.8 Å². The minimum atomic E-state index is -0.996. The number of nitrogens with one attached hydrogen (secondary N) is 2. The van der Waals surface area contributed by atoms with E-state index in [1.54, 1.807) is 6.07 Å². The highest BCUT2D eigenvalue weighted by molar-refractivity contribution is 6.40. The van der Waals surface area contributed by atoms with E-state index < -0.39 is 17.9 Å². The highest BCUT2D eigenvalue weighted by atomic mass is 35.5. The second-order valence-corrected chi connectivity index (χ2v) is 14.1. The molecule has 13 heteroatoms. The molecule has 1 aliphatic rings. The summed E-state index contributed by atoms with van der Waals surface area (Å²) in [6, 6.07) is 4.02. The van der Waals surface area contributed by atoms with Gasteiger partial charge in [0.2, 0.25) is 0 Å². The van der Waals surface area contributed by atoms with E-state index in [2.05, 4.69) is 22.7 Å². The number of aromatic nitrogens is 2. The van der Waals surface area contributed by atoms with E-state index in [1.807, 2.05) is 20.8 Å². The molecular formula is C34H49Cl2N5O6. The average molecular weight is 695 g/mol. The zero-order chi connectivity index (χ0) is 34.6. The first kappa shape index (κ1) is 38.1. The molecule has 260 valence electrons. The second kappa shape index (κ2) is 18.3. The van der Waals surface area contributed by atoms with Gasteiger partial charge < -0.3 is 25.4 Å². The first-order chi connectivity index (χ1) is 22.3. The minimum absolute atomic E-state index is 0.0383. The highest BCUT2D eigenvalue weighted by Gasteiger charge is 2.39. The van der Waals surface area contributed by atoms with Gasteiger partial charge in [0.1, 0.15) is 0 Å². The monoisotopic (exact) mass is 693 g/mol. The number of hydrogen-bond acceptors (Lipinski definition) is 6. The number of hydrogen-bond donors (Lipinski definition) is 3. The zero-order valence-electron chi connectivity index (χ0n) is 27.9. The van der Waals surface area contributed by atoms with E-state index in [0.29, 0.717) is 12.8 Å². The maximum atomic E-state index is 13.6. The number of rotatable bonds is 16. The van der Waals surface area contributed by atoms with Crippen LogP contribution < -0.4 is 10.6 Å². The molecule has 2 heterocycles. The molecule has 3 rings (SSSR count). The van der Waals surface area contributed by atoms with Crippen LogP contribution in [-0.4, -0.2) is 62.3 Å². The molecule has 2 atom stereocenters. The molecule has 2 aromatic rings. The Hall–Kier alpha value is -3.31. The van der Waals surface area contributed by atoms with Crippen LogP contribution in [0.5, 0.6) is 0 Å². The van der Waals surface area contributed by atoms with Crippen molar-refractivity contribution < 1.29 is 29.0 Å². The summed E-state index contributed by atoms with van der Waals surface area (Å²) in [5.74, 6) is -1.58. The van der Waals surface area contributed by atoms with Crippen molar-refractivity contribution >= 4 is 52.8 Å². The van der Waals surface area contributed by atoms with Crippen molar-refractivity contribution in [2.45, 2.75) is 124 Å². The number of carbonyl (C=O) groups excluding carboxylic acids is 3. The number of carboxylic acid groups (broad SMARTS) is 1. The largest absolute Gasteiger partial charge is 0.465 e. The van der Waals surface area contributed by atoms with Crippen LogP contribution in [0.1, 0.15) is 126 Å². The molecule has 0 saturated carbocycles. The predicted molar refractivity (Wildman–Crippen MR) is 183 cm³/mol. The van der Waals surface area contributed by atoms with Gasteiger partial charge in [-0.25, -0.2) is 9.48 Å². The van der Waals surface area contributed by atoms with Gasteiger partial charge in [0.15, 0.2) is 12.4 Å². The summed E-state index contributed by atoms with van der Waals surface area (Å²) < 4.78 is 6.70. The van der Waals surface area contributed by atoms with Gasteiger partial charge in [-0.15, -0.1) is 0 Å². The number of amides is 3. The number of anilines is 1. The number of benzene rings is 1. The van der Waals surface area contributed by atoms with Crippen LogP contribution in [0.15, 0.2) is 24.4 Å². The van der Waals surface area contributed by atoms with E-state index in [9.17, 15) is 24.3 Å². The summed E-state index contributed by atoms with van der Waals surface area (Å²) in [6.45, 7) is 8.11. The molecule has 1 aromatic heterocycles. The molecule has 3 amide bonds. The second-order valence-electron chi connectivity index (χ2n) is 13.3. The quantitative estimate of drug-likeness (QED) is 0.119. The summed E-state index contributed by atoms with van der Waals surface area (Å²) in [7, 11) is 0. The highest BCUT2D eigenvalue weighted by Crippen LogP contribution is 2.32. The summed E-state index contributed by atoms with van der Waals surface area (Å²) >= 11 is 12.5. The number of ether oxygens (including phenoxy) is 1. The van der Waals surface area contributed by atoms with E-state index in [0.717, 1.165) is 19.3 Å². The molecule has 3 N–H and O–H groups in total. The third-order valence-electron chi connectivity index (χ3n) is 8.44. The first-order valence-corrected chi connectivity index (χ1v) is 17.4. The van der Waals surface area contributed by atoms with E-state index in [-0.39, 0.29) is 70.2 Å². The van der Waals surface area contributed by atoms with Crippen LogP contribution in [0.25, 0.3) is 0 Å². The Kier molecular flexibility index (Phi) is 14.8. The normalized spacial score (nSPS) is 16.5. The van der Waals surface area contributed by atoms with Crippen LogP contribution in [0.2, 0.25) is 10.0 Å². The Morgan fingerprint density at radius 1 is 0.979 bits per heavy atom. The van der Waals surface area contributed by atoms with Gasteiger partial charge in [-0.3, -0.25) is 14.4 Å². The molecule has 1 aromatic carbocycles. The van der Waals surface area contributed by atoms with Crippen molar-refractivity contribution in [2.75, 3.05) is 11.9 Å². The molecule has 1 saturated heterocycles. The van der Waals surface area contributed by atoms with Crippen LogP contribution in [0.3, 0.4) is 0 Å². The number of esters is 1. The molecule has 2 unspecified atom stereocenters. The number of nitrogens with zero attached hydrogens (tertiary/aromatic N) is 3. The molecule has 0 spiro atoms. The number of halogens is 2. The Bertz CT molecular complexity index is 1350. The van der Waals surface area contributed by atoms with Crippen LogP contribution in [0, 0.1) is 5.41 Å². The topological polar surface area (TPSA) is 143 Å². The van der Waals surface area contributed by atoms with Crippen molar-refractivity contribution in [3.8, 4) is 0 Å². The molecular weight excluding hydrogens is 645 g/mol. The van der Waals surface area contributed by atoms with Gasteiger partial charge in [0.05, 0.1) is 27.5 Å². The van der Waals surface area contributed by atoms with Crippen LogP contribution in [0.4, 0.5) is 10.5 Å². The minimum Gasteiger partial charge on any atom is -0.465 e. The van der Waals surface area contributed by atoms with Crippen molar-refractivity contribution in [1.29, 1.82) is 0 Å². The molecule has 47 heavy (non-hydrogen) atoms. The van der Waals surface area contributed by atoms with Crippen LogP contribution in [-0.2, 0) is 16.3 Å². The standard InChI is InChI=1S/C34H49Cl2N5O6/c1-5-6-7-8-9-10-11-12-13-17-28(42)47-22-40-21-26(38-31(43)29-24(35)15-14-16-25(29)36)30(39-40)32(44)37-23-18-19-41(33(45)46)27(20-23)34(2,3)4/h14-16,21,23,27H,5-13,17-20,22H2,1-4H3,(H,37,44)(H,38,43)(H,45,46). The van der Waals surface area contributed by atoms with Gasteiger partial charge in [-0.1, -0.05) is 108 Å². The Balaban J connectivity index is 1.67. The van der Waals surface area contributed by atoms with Crippen molar-refractivity contribution in [3.05, 3.63) is 45.7 Å².